The van der Waals surface area contributed by atoms with Crippen LogP contribution in [0, 0.1) is 11.6 Å². The lowest BCUT2D eigenvalue weighted by atomic mass is 10.1. The minimum absolute atomic E-state index is 0.0106. The molecule has 1 saturated heterocycles. The number of anilines is 1. The maximum atomic E-state index is 14.0. The Kier molecular flexibility index (Phi) is 6.80. The molecule has 3 aromatic rings. The maximum Gasteiger partial charge on any atom is 0.219 e. The van der Waals surface area contributed by atoms with Crippen LogP contribution in [-0.4, -0.2) is 63.0 Å². The van der Waals surface area contributed by atoms with Gasteiger partial charge < -0.3 is 14.5 Å². The number of fused-ring (bicyclic) bond motifs is 1. The second kappa shape index (κ2) is 10.2. The molecule has 11 heteroatoms. The molecule has 0 bridgehead atoms. The molecule has 190 valence electrons. The van der Waals surface area contributed by atoms with E-state index >= 15 is 0 Å². The zero-order valence-electron chi connectivity index (χ0n) is 20.0. The Morgan fingerprint density at radius 1 is 1.14 bits per heavy atom. The Balaban J connectivity index is 1.39. The maximum absolute atomic E-state index is 14.0. The highest BCUT2D eigenvalue weighted by molar-refractivity contribution is 5.74. The third-order valence-corrected chi connectivity index (χ3v) is 6.59. The van der Waals surface area contributed by atoms with E-state index in [9.17, 15) is 18.0 Å². The number of hydrogen-bond donors (Lipinski definition) is 0. The molecule has 1 fully saturated rings. The van der Waals surface area contributed by atoms with Crippen LogP contribution in [0.2, 0.25) is 0 Å². The van der Waals surface area contributed by atoms with Crippen molar-refractivity contribution in [2.45, 2.75) is 45.4 Å². The highest BCUT2D eigenvalue weighted by atomic mass is 19.1. The van der Waals surface area contributed by atoms with Gasteiger partial charge in [0.2, 0.25) is 5.91 Å². The van der Waals surface area contributed by atoms with E-state index in [1.54, 1.807) is 24.2 Å². The first-order valence-corrected chi connectivity index (χ1v) is 12.0. The minimum Gasteiger partial charge on any atom is -0.487 e. The molecule has 0 unspecified atom stereocenters. The van der Waals surface area contributed by atoms with E-state index in [-0.39, 0.29) is 24.3 Å². The number of ether oxygens (including phenoxy) is 1. The fourth-order valence-corrected chi connectivity index (χ4v) is 4.64. The van der Waals surface area contributed by atoms with Crippen LogP contribution in [0.4, 0.5) is 19.0 Å². The van der Waals surface area contributed by atoms with Crippen LogP contribution in [0.1, 0.15) is 31.2 Å². The van der Waals surface area contributed by atoms with Crippen LogP contribution >= 0.6 is 0 Å². The Morgan fingerprint density at radius 3 is 2.67 bits per heavy atom. The molecule has 5 rings (SSSR count). The molecule has 0 N–H and O–H groups in total. The van der Waals surface area contributed by atoms with Gasteiger partial charge in [-0.2, -0.15) is 5.10 Å². The standard InChI is InChI=1S/C25H27F3N6O2/c1-16(35)33-10-6-21-22(15-33)30-24(17-13-29-34(14-17)11-7-26)25(31-21)32-8-4-19(5-9-32)36-23-3-2-18(27)12-20(23)28/h2-3,12-14,19H,4-11,15H2,1H3. The Morgan fingerprint density at radius 2 is 1.94 bits per heavy atom. The van der Waals surface area contributed by atoms with Gasteiger partial charge >= 0.3 is 0 Å². The second-order valence-corrected chi connectivity index (χ2v) is 9.04. The Labute approximate surface area is 206 Å². The first-order chi connectivity index (χ1) is 17.4. The number of amides is 1. The van der Waals surface area contributed by atoms with Crippen LogP contribution in [0.5, 0.6) is 5.75 Å². The van der Waals surface area contributed by atoms with Crippen molar-refractivity contribution in [3.05, 3.63) is 53.6 Å². The summed E-state index contributed by atoms with van der Waals surface area (Å²) in [6, 6.07) is 3.30. The van der Waals surface area contributed by atoms with E-state index in [2.05, 4.69) is 10.00 Å². The van der Waals surface area contributed by atoms with E-state index in [0.29, 0.717) is 57.0 Å². The summed E-state index contributed by atoms with van der Waals surface area (Å²) in [4.78, 5) is 25.7. The first kappa shape index (κ1) is 24.1. The van der Waals surface area contributed by atoms with Gasteiger partial charge in [0.1, 0.15) is 24.3 Å². The van der Waals surface area contributed by atoms with E-state index in [1.807, 2.05) is 0 Å². The third kappa shape index (κ3) is 5.00. The SMILES string of the molecule is CC(=O)N1CCc2nc(N3CCC(Oc4ccc(F)cc4F)CC3)c(-c3cnn(CCF)c3)nc2C1. The lowest BCUT2D eigenvalue weighted by molar-refractivity contribution is -0.129. The molecule has 0 radical (unpaired) electrons. The number of halogens is 3. The molecular formula is C25H27F3N6O2. The zero-order valence-corrected chi connectivity index (χ0v) is 20.0. The number of aryl methyl sites for hydroxylation is 1. The smallest absolute Gasteiger partial charge is 0.219 e. The number of carbonyl (C=O) groups is 1. The molecule has 2 aliphatic heterocycles. The van der Waals surface area contributed by atoms with Crippen molar-refractivity contribution in [1.29, 1.82) is 0 Å². The van der Waals surface area contributed by atoms with Crippen molar-refractivity contribution in [1.82, 2.24) is 24.6 Å². The predicted octanol–water partition coefficient (Wildman–Crippen LogP) is 3.54. The molecule has 0 spiro atoms. The average Bonchev–Trinajstić information content (AvgIpc) is 3.34. The monoisotopic (exact) mass is 500 g/mol. The molecular weight excluding hydrogens is 473 g/mol. The predicted molar refractivity (Wildman–Crippen MR) is 126 cm³/mol. The van der Waals surface area contributed by atoms with E-state index < -0.39 is 18.3 Å². The number of carbonyl (C=O) groups excluding carboxylic acids is 1. The Bertz CT molecular complexity index is 1260. The van der Waals surface area contributed by atoms with Gasteiger partial charge in [-0.25, -0.2) is 23.1 Å². The summed E-state index contributed by atoms with van der Waals surface area (Å²) in [7, 11) is 0. The number of piperidine rings is 1. The molecule has 0 saturated carbocycles. The lowest BCUT2D eigenvalue weighted by Crippen LogP contribution is -2.40. The number of alkyl halides is 1. The number of hydrogen-bond acceptors (Lipinski definition) is 6. The second-order valence-electron chi connectivity index (χ2n) is 9.04. The van der Waals surface area contributed by atoms with Crippen LogP contribution in [-0.2, 0) is 24.3 Å². The van der Waals surface area contributed by atoms with E-state index in [0.717, 1.165) is 23.0 Å². The first-order valence-electron chi connectivity index (χ1n) is 12.0. The summed E-state index contributed by atoms with van der Waals surface area (Å²) >= 11 is 0. The van der Waals surface area contributed by atoms with Crippen LogP contribution in [0.15, 0.2) is 30.6 Å². The van der Waals surface area contributed by atoms with Gasteiger partial charge in [0.05, 0.1) is 30.7 Å². The lowest BCUT2D eigenvalue weighted by Gasteiger charge is -2.35. The quantitative estimate of drug-likeness (QED) is 0.516. The zero-order chi connectivity index (χ0) is 25.2. The number of nitrogens with zero attached hydrogens (tertiary/aromatic N) is 6. The molecule has 4 heterocycles. The molecule has 1 amide bonds. The third-order valence-electron chi connectivity index (χ3n) is 6.59. The average molecular weight is 501 g/mol. The molecule has 1 aromatic carbocycles. The summed E-state index contributed by atoms with van der Waals surface area (Å²) in [5, 5.41) is 4.24. The summed E-state index contributed by atoms with van der Waals surface area (Å²) in [6.07, 6.45) is 5.03. The highest BCUT2D eigenvalue weighted by Crippen LogP contribution is 2.33. The van der Waals surface area contributed by atoms with Crippen molar-refractivity contribution in [3.63, 3.8) is 0 Å². The normalized spacial score (nSPS) is 16.2. The molecule has 0 atom stereocenters. The Hall–Kier alpha value is -3.63. The largest absolute Gasteiger partial charge is 0.487 e. The van der Waals surface area contributed by atoms with Crippen molar-refractivity contribution in [2.75, 3.05) is 31.2 Å². The fraction of sp³-hybridized carbons (Fsp3) is 0.440. The number of rotatable bonds is 6. The van der Waals surface area contributed by atoms with Gasteiger partial charge in [-0.1, -0.05) is 0 Å². The number of benzene rings is 1. The van der Waals surface area contributed by atoms with Crippen molar-refractivity contribution in [3.8, 4) is 17.0 Å². The van der Waals surface area contributed by atoms with Crippen LogP contribution < -0.4 is 9.64 Å². The van der Waals surface area contributed by atoms with Gasteiger partial charge in [-0.15, -0.1) is 0 Å². The van der Waals surface area contributed by atoms with Gasteiger partial charge in [-0.05, 0) is 12.1 Å². The molecule has 8 nitrogen and oxygen atoms in total. The summed E-state index contributed by atoms with van der Waals surface area (Å²) in [5.74, 6) is -0.626. The van der Waals surface area contributed by atoms with Crippen molar-refractivity contribution in [2.24, 2.45) is 0 Å². The van der Waals surface area contributed by atoms with Gasteiger partial charge in [-0.3, -0.25) is 9.48 Å². The van der Waals surface area contributed by atoms with Gasteiger partial charge in [0, 0.05) is 63.6 Å². The van der Waals surface area contributed by atoms with E-state index in [1.165, 1.54) is 16.8 Å². The number of aromatic nitrogens is 4. The van der Waals surface area contributed by atoms with Crippen LogP contribution in [0.25, 0.3) is 11.3 Å². The molecule has 2 aliphatic rings. The van der Waals surface area contributed by atoms with Crippen molar-refractivity contribution >= 4 is 11.7 Å². The van der Waals surface area contributed by atoms with Crippen LogP contribution in [0.3, 0.4) is 0 Å². The minimum atomic E-state index is -0.717. The molecule has 36 heavy (non-hydrogen) atoms. The fourth-order valence-electron chi connectivity index (χ4n) is 4.64. The highest BCUT2D eigenvalue weighted by Gasteiger charge is 2.29. The molecule has 2 aromatic heterocycles. The van der Waals surface area contributed by atoms with E-state index in [4.69, 9.17) is 14.7 Å². The summed E-state index contributed by atoms with van der Waals surface area (Å²) in [6.45, 7) is 3.34. The summed E-state index contributed by atoms with van der Waals surface area (Å²) < 4.78 is 47.4. The van der Waals surface area contributed by atoms with Crippen molar-refractivity contribution < 1.29 is 22.7 Å². The summed E-state index contributed by atoms with van der Waals surface area (Å²) in [5.41, 5.74) is 2.96. The van der Waals surface area contributed by atoms with Gasteiger partial charge in [0.25, 0.3) is 0 Å². The topological polar surface area (TPSA) is 76.4 Å². The van der Waals surface area contributed by atoms with Gasteiger partial charge in [0.15, 0.2) is 17.4 Å². The molecule has 0 aliphatic carbocycles.